The third-order valence-electron chi connectivity index (χ3n) is 3.21. The molecule has 0 atom stereocenters. The van der Waals surface area contributed by atoms with E-state index >= 15 is 0 Å². The smallest absolute Gasteiger partial charge is 0.148 e. The molecule has 2 rings (SSSR count). The largest absolute Gasteiger partial charge is 0.495 e. The van der Waals surface area contributed by atoms with Crippen LogP contribution in [0.5, 0.6) is 11.5 Å². The summed E-state index contributed by atoms with van der Waals surface area (Å²) in [5, 5.41) is 4.69. The zero-order valence-electron chi connectivity index (χ0n) is 12.2. The molecule has 108 valence electrons. The van der Waals surface area contributed by atoms with Crippen molar-refractivity contribution in [3.8, 4) is 11.5 Å². The second-order valence-corrected chi connectivity index (χ2v) is 4.75. The molecule has 20 heavy (non-hydrogen) atoms. The van der Waals surface area contributed by atoms with Crippen molar-refractivity contribution in [1.82, 2.24) is 4.98 Å². The summed E-state index contributed by atoms with van der Waals surface area (Å²) in [6.07, 6.45) is 0.876. The summed E-state index contributed by atoms with van der Waals surface area (Å²) < 4.78 is 10.7. The van der Waals surface area contributed by atoms with Gasteiger partial charge in [0.2, 0.25) is 0 Å². The minimum absolute atomic E-state index is 0.563. The number of nitrogens with zero attached hydrogens (tertiary/aromatic N) is 1. The minimum atomic E-state index is 0.563. The number of ether oxygens (including phenoxy) is 2. The first kappa shape index (κ1) is 14.7. The van der Waals surface area contributed by atoms with Gasteiger partial charge < -0.3 is 14.8 Å². The Bertz CT molecular complexity index is 629. The minimum Gasteiger partial charge on any atom is -0.495 e. The normalized spacial score (nSPS) is 10.7. The average Bonchev–Trinajstić information content (AvgIpc) is 2.47. The number of nitrogens with one attached hydrogen (secondary N) is 1. The maximum atomic E-state index is 6.39. The molecule has 0 aliphatic heterocycles. The van der Waals surface area contributed by atoms with Crippen LogP contribution in [-0.2, 0) is 6.42 Å². The molecule has 0 aliphatic rings. The molecule has 1 aromatic carbocycles. The lowest BCUT2D eigenvalue weighted by molar-refractivity contribution is 0.397. The summed E-state index contributed by atoms with van der Waals surface area (Å²) in [5.41, 5.74) is 1.86. The summed E-state index contributed by atoms with van der Waals surface area (Å²) in [7, 11) is 3.21. The zero-order valence-corrected chi connectivity index (χ0v) is 13.0. The number of aromatic nitrogens is 1. The van der Waals surface area contributed by atoms with Crippen molar-refractivity contribution < 1.29 is 9.47 Å². The van der Waals surface area contributed by atoms with Crippen LogP contribution in [0, 0.1) is 0 Å². The predicted molar refractivity (Wildman–Crippen MR) is 83.4 cm³/mol. The molecule has 2 aromatic rings. The standard InChI is InChI=1S/C15H19ClN2O2/c1-5-9-7-10-13(16)11(19-3)8-12(20-4)14(10)18-15(9)17-6-2/h7-8H,5-6H2,1-4H3,(H,17,18). The molecule has 1 aromatic heterocycles. The second-order valence-electron chi connectivity index (χ2n) is 4.37. The van der Waals surface area contributed by atoms with Gasteiger partial charge in [0.1, 0.15) is 22.8 Å². The molecule has 0 spiro atoms. The van der Waals surface area contributed by atoms with Gasteiger partial charge in [-0.25, -0.2) is 4.98 Å². The predicted octanol–water partition coefficient (Wildman–Crippen LogP) is 3.90. The Balaban J connectivity index is 2.79. The van der Waals surface area contributed by atoms with Gasteiger partial charge in [-0.3, -0.25) is 0 Å². The van der Waals surface area contributed by atoms with Crippen molar-refractivity contribution in [3.63, 3.8) is 0 Å². The molecule has 0 fully saturated rings. The van der Waals surface area contributed by atoms with Crippen LogP contribution in [0.25, 0.3) is 10.9 Å². The SMILES string of the molecule is CCNc1nc2c(OC)cc(OC)c(Cl)c2cc1CC. The van der Waals surface area contributed by atoms with Gasteiger partial charge in [-0.2, -0.15) is 0 Å². The number of hydrogen-bond acceptors (Lipinski definition) is 4. The fourth-order valence-corrected chi connectivity index (χ4v) is 2.46. The molecule has 0 unspecified atom stereocenters. The lowest BCUT2D eigenvalue weighted by atomic mass is 10.1. The van der Waals surface area contributed by atoms with E-state index in [0.29, 0.717) is 16.5 Å². The Hall–Kier alpha value is -1.68. The van der Waals surface area contributed by atoms with E-state index in [1.54, 1.807) is 20.3 Å². The lowest BCUT2D eigenvalue weighted by Crippen LogP contribution is -2.04. The fourth-order valence-electron chi connectivity index (χ4n) is 2.19. The average molecular weight is 295 g/mol. The molecular weight excluding hydrogens is 276 g/mol. The van der Waals surface area contributed by atoms with Crippen molar-refractivity contribution in [3.05, 3.63) is 22.7 Å². The van der Waals surface area contributed by atoms with Crippen molar-refractivity contribution >= 4 is 28.3 Å². The Kier molecular flexibility index (Phi) is 4.55. The summed E-state index contributed by atoms with van der Waals surface area (Å²) in [4.78, 5) is 4.67. The topological polar surface area (TPSA) is 43.4 Å². The Morgan fingerprint density at radius 3 is 2.40 bits per heavy atom. The van der Waals surface area contributed by atoms with E-state index in [2.05, 4.69) is 17.2 Å². The van der Waals surface area contributed by atoms with E-state index in [1.165, 1.54) is 0 Å². The fraction of sp³-hybridized carbons (Fsp3) is 0.400. The van der Waals surface area contributed by atoms with Crippen LogP contribution in [0.1, 0.15) is 19.4 Å². The van der Waals surface area contributed by atoms with Crippen LogP contribution in [-0.4, -0.2) is 25.7 Å². The first-order valence-electron chi connectivity index (χ1n) is 6.64. The number of benzene rings is 1. The number of pyridine rings is 1. The number of aryl methyl sites for hydroxylation is 1. The molecule has 0 bridgehead atoms. The van der Waals surface area contributed by atoms with Crippen molar-refractivity contribution in [1.29, 1.82) is 0 Å². The third-order valence-corrected chi connectivity index (χ3v) is 3.60. The van der Waals surface area contributed by atoms with Gasteiger partial charge in [0.25, 0.3) is 0 Å². The van der Waals surface area contributed by atoms with E-state index in [0.717, 1.165) is 35.2 Å². The molecule has 4 nitrogen and oxygen atoms in total. The van der Waals surface area contributed by atoms with Gasteiger partial charge in [0.05, 0.1) is 19.2 Å². The first-order chi connectivity index (χ1) is 9.65. The van der Waals surface area contributed by atoms with Gasteiger partial charge >= 0.3 is 0 Å². The molecule has 0 amide bonds. The van der Waals surface area contributed by atoms with Crippen LogP contribution < -0.4 is 14.8 Å². The molecule has 0 saturated carbocycles. The monoisotopic (exact) mass is 294 g/mol. The molecule has 0 radical (unpaired) electrons. The quantitative estimate of drug-likeness (QED) is 0.908. The highest BCUT2D eigenvalue weighted by atomic mass is 35.5. The number of hydrogen-bond donors (Lipinski definition) is 1. The number of halogens is 1. The molecular formula is C15H19ClN2O2. The Morgan fingerprint density at radius 1 is 1.15 bits per heavy atom. The van der Waals surface area contributed by atoms with Crippen molar-refractivity contribution in [2.45, 2.75) is 20.3 Å². The molecule has 1 N–H and O–H groups in total. The van der Waals surface area contributed by atoms with Crippen LogP contribution in [0.2, 0.25) is 5.02 Å². The summed E-state index contributed by atoms with van der Waals surface area (Å²) in [6.45, 7) is 4.95. The molecule has 5 heteroatoms. The van der Waals surface area contributed by atoms with E-state index in [4.69, 9.17) is 21.1 Å². The van der Waals surface area contributed by atoms with Crippen LogP contribution in [0.15, 0.2) is 12.1 Å². The Morgan fingerprint density at radius 2 is 1.85 bits per heavy atom. The molecule has 0 saturated heterocycles. The third kappa shape index (κ3) is 2.48. The summed E-state index contributed by atoms with van der Waals surface area (Å²) in [5.74, 6) is 2.13. The van der Waals surface area contributed by atoms with Gasteiger partial charge in [-0.05, 0) is 25.0 Å². The number of fused-ring (bicyclic) bond motifs is 1. The van der Waals surface area contributed by atoms with E-state index in [1.807, 2.05) is 13.0 Å². The molecule has 0 aliphatic carbocycles. The van der Waals surface area contributed by atoms with Crippen molar-refractivity contribution in [2.75, 3.05) is 26.1 Å². The van der Waals surface area contributed by atoms with Crippen LogP contribution in [0.3, 0.4) is 0 Å². The van der Waals surface area contributed by atoms with Gasteiger partial charge in [-0.1, -0.05) is 18.5 Å². The van der Waals surface area contributed by atoms with Crippen LogP contribution in [0.4, 0.5) is 5.82 Å². The highest BCUT2D eigenvalue weighted by molar-refractivity contribution is 6.37. The maximum absolute atomic E-state index is 6.39. The maximum Gasteiger partial charge on any atom is 0.148 e. The van der Waals surface area contributed by atoms with Gasteiger partial charge in [0, 0.05) is 18.0 Å². The molecule has 1 heterocycles. The Labute approximate surface area is 124 Å². The van der Waals surface area contributed by atoms with Gasteiger partial charge in [0.15, 0.2) is 0 Å². The van der Waals surface area contributed by atoms with Crippen LogP contribution >= 0.6 is 11.6 Å². The lowest BCUT2D eigenvalue weighted by Gasteiger charge is -2.15. The second kappa shape index (κ2) is 6.18. The van der Waals surface area contributed by atoms with E-state index < -0.39 is 0 Å². The van der Waals surface area contributed by atoms with E-state index in [-0.39, 0.29) is 0 Å². The highest BCUT2D eigenvalue weighted by Crippen LogP contribution is 2.39. The highest BCUT2D eigenvalue weighted by Gasteiger charge is 2.15. The number of anilines is 1. The van der Waals surface area contributed by atoms with E-state index in [9.17, 15) is 0 Å². The summed E-state index contributed by atoms with van der Waals surface area (Å²) in [6, 6.07) is 3.81. The summed E-state index contributed by atoms with van der Waals surface area (Å²) >= 11 is 6.39. The number of methoxy groups -OCH3 is 2. The zero-order chi connectivity index (χ0) is 14.7. The van der Waals surface area contributed by atoms with Crippen molar-refractivity contribution in [2.24, 2.45) is 0 Å². The first-order valence-corrected chi connectivity index (χ1v) is 7.01. The van der Waals surface area contributed by atoms with Gasteiger partial charge in [-0.15, -0.1) is 0 Å². The number of rotatable bonds is 5.